The van der Waals surface area contributed by atoms with Crippen LogP contribution in [0.4, 0.5) is 0 Å². The van der Waals surface area contributed by atoms with E-state index >= 15 is 0 Å². The van der Waals surface area contributed by atoms with Crippen molar-refractivity contribution in [1.29, 1.82) is 0 Å². The van der Waals surface area contributed by atoms with Crippen molar-refractivity contribution >= 4 is 6.08 Å². The Morgan fingerprint density at radius 3 is 2.93 bits per heavy atom. The van der Waals surface area contributed by atoms with Crippen LogP contribution >= 0.6 is 0 Å². The molecule has 1 aromatic carbocycles. The highest BCUT2D eigenvalue weighted by molar-refractivity contribution is 5.66. The van der Waals surface area contributed by atoms with Gasteiger partial charge in [0.05, 0.1) is 0 Å². The van der Waals surface area contributed by atoms with Crippen LogP contribution in [0.5, 0.6) is 17.2 Å². The lowest BCUT2D eigenvalue weighted by Gasteiger charge is -2.19. The van der Waals surface area contributed by atoms with Gasteiger partial charge >= 0.3 is 0 Å². The zero-order valence-electron chi connectivity index (χ0n) is 8.27. The zero-order chi connectivity index (χ0) is 10.7. The van der Waals surface area contributed by atoms with E-state index in [4.69, 9.17) is 15.2 Å². The van der Waals surface area contributed by atoms with Crippen LogP contribution in [0.3, 0.4) is 0 Å². The third-order valence-electron chi connectivity index (χ3n) is 2.15. The molecule has 1 heterocycles. The maximum absolute atomic E-state index is 9.86. The van der Waals surface area contributed by atoms with Gasteiger partial charge in [-0.05, 0) is 12.1 Å². The number of nitrogens with two attached hydrogens (primary N) is 1. The van der Waals surface area contributed by atoms with Crippen LogP contribution in [-0.4, -0.2) is 24.9 Å². The van der Waals surface area contributed by atoms with Gasteiger partial charge in [-0.3, -0.25) is 0 Å². The van der Waals surface area contributed by atoms with Gasteiger partial charge in [0.2, 0.25) is 5.75 Å². The summed E-state index contributed by atoms with van der Waals surface area (Å²) in [5, 5.41) is 9.86. The van der Waals surface area contributed by atoms with E-state index in [1.807, 2.05) is 0 Å². The van der Waals surface area contributed by atoms with Crippen molar-refractivity contribution in [2.24, 2.45) is 5.73 Å². The van der Waals surface area contributed by atoms with E-state index < -0.39 is 0 Å². The summed E-state index contributed by atoms with van der Waals surface area (Å²) in [5.74, 6) is 1.11. The molecule has 0 bridgehead atoms. The van der Waals surface area contributed by atoms with Crippen LogP contribution in [0.25, 0.3) is 6.08 Å². The largest absolute Gasteiger partial charge is 0.504 e. The van der Waals surface area contributed by atoms with E-state index in [0.717, 1.165) is 0 Å². The Morgan fingerprint density at radius 1 is 1.33 bits per heavy atom. The van der Waals surface area contributed by atoms with Crippen molar-refractivity contribution in [3.05, 3.63) is 23.8 Å². The lowest BCUT2D eigenvalue weighted by atomic mass is 10.1. The molecule has 0 saturated carbocycles. The Balaban J connectivity index is 2.38. The van der Waals surface area contributed by atoms with Crippen LogP contribution in [0, 0.1) is 0 Å². The summed E-state index contributed by atoms with van der Waals surface area (Å²) in [4.78, 5) is 0. The third-order valence-corrected chi connectivity index (χ3v) is 2.15. The van der Waals surface area contributed by atoms with Crippen LogP contribution in [0.2, 0.25) is 0 Å². The highest BCUT2D eigenvalue weighted by Gasteiger charge is 2.17. The van der Waals surface area contributed by atoms with E-state index in [9.17, 15) is 5.11 Å². The summed E-state index contributed by atoms with van der Waals surface area (Å²) in [6.07, 6.45) is 3.53. The van der Waals surface area contributed by atoms with Gasteiger partial charge < -0.3 is 20.3 Å². The summed E-state index contributed by atoms with van der Waals surface area (Å²) in [5.41, 5.74) is 6.02. The van der Waals surface area contributed by atoms with Crippen LogP contribution in [-0.2, 0) is 0 Å². The molecule has 0 amide bonds. The fourth-order valence-corrected chi connectivity index (χ4v) is 1.45. The zero-order valence-corrected chi connectivity index (χ0v) is 8.27. The van der Waals surface area contributed by atoms with Gasteiger partial charge in [-0.15, -0.1) is 0 Å². The van der Waals surface area contributed by atoms with E-state index in [1.165, 1.54) is 0 Å². The second-order valence-electron chi connectivity index (χ2n) is 3.17. The predicted octanol–water partition coefficient (Wildman–Crippen LogP) is 1.14. The molecule has 0 spiro atoms. The van der Waals surface area contributed by atoms with Gasteiger partial charge in [-0.2, -0.15) is 0 Å². The minimum atomic E-state index is 0.108. The van der Waals surface area contributed by atoms with Crippen molar-refractivity contribution in [3.8, 4) is 17.2 Å². The Hall–Kier alpha value is -1.68. The minimum Gasteiger partial charge on any atom is -0.504 e. The Morgan fingerprint density at radius 2 is 2.13 bits per heavy atom. The van der Waals surface area contributed by atoms with Crippen molar-refractivity contribution in [3.63, 3.8) is 0 Å². The lowest BCUT2D eigenvalue weighted by molar-refractivity contribution is 0.165. The average molecular weight is 207 g/mol. The molecular formula is C11H13NO3. The molecule has 1 aliphatic rings. The smallest absolute Gasteiger partial charge is 0.204 e. The molecule has 1 aromatic rings. The van der Waals surface area contributed by atoms with Crippen LogP contribution < -0.4 is 15.2 Å². The number of phenolic OH excluding ortho intramolecular Hbond substituents is 1. The predicted molar refractivity (Wildman–Crippen MR) is 57.2 cm³/mol. The van der Waals surface area contributed by atoms with Gasteiger partial charge in [0.15, 0.2) is 11.5 Å². The standard InChI is InChI=1S/C11H13NO3/c12-5-1-2-8-3-4-9-11(10(8)13)15-7-6-14-9/h1-4,13H,5-7,12H2/b2-1+. The molecule has 15 heavy (non-hydrogen) atoms. The molecule has 80 valence electrons. The van der Waals surface area contributed by atoms with Crippen molar-refractivity contribution in [2.75, 3.05) is 19.8 Å². The number of aromatic hydroxyl groups is 1. The number of fused-ring (bicyclic) bond motifs is 1. The molecule has 2 rings (SSSR count). The average Bonchev–Trinajstić information content (AvgIpc) is 2.29. The molecular weight excluding hydrogens is 194 g/mol. The van der Waals surface area contributed by atoms with Crippen molar-refractivity contribution in [1.82, 2.24) is 0 Å². The van der Waals surface area contributed by atoms with E-state index in [0.29, 0.717) is 36.8 Å². The summed E-state index contributed by atoms with van der Waals surface area (Å²) < 4.78 is 10.7. The molecule has 1 aliphatic heterocycles. The molecule has 0 fully saturated rings. The minimum absolute atomic E-state index is 0.108. The van der Waals surface area contributed by atoms with Gasteiger partial charge in [-0.25, -0.2) is 0 Å². The van der Waals surface area contributed by atoms with Crippen molar-refractivity contribution in [2.45, 2.75) is 0 Å². The number of ether oxygens (including phenoxy) is 2. The Bertz CT molecular complexity index is 388. The maximum atomic E-state index is 9.86. The van der Waals surface area contributed by atoms with Gasteiger partial charge in [0, 0.05) is 12.1 Å². The Kier molecular flexibility index (Phi) is 2.78. The summed E-state index contributed by atoms with van der Waals surface area (Å²) >= 11 is 0. The third kappa shape index (κ3) is 1.89. The normalized spacial score (nSPS) is 14.5. The fourth-order valence-electron chi connectivity index (χ4n) is 1.45. The first-order valence-electron chi connectivity index (χ1n) is 4.81. The first kappa shape index (κ1) is 9.86. The van der Waals surface area contributed by atoms with Gasteiger partial charge in [0.25, 0.3) is 0 Å². The number of rotatable bonds is 2. The number of phenols is 1. The first-order chi connectivity index (χ1) is 7.33. The van der Waals surface area contributed by atoms with Gasteiger partial charge in [0.1, 0.15) is 13.2 Å². The maximum Gasteiger partial charge on any atom is 0.204 e. The summed E-state index contributed by atoms with van der Waals surface area (Å²) in [6, 6.07) is 3.55. The van der Waals surface area contributed by atoms with Crippen LogP contribution in [0.1, 0.15) is 5.56 Å². The molecule has 4 heteroatoms. The van der Waals surface area contributed by atoms with E-state index in [1.54, 1.807) is 24.3 Å². The lowest BCUT2D eigenvalue weighted by Crippen LogP contribution is -2.15. The monoisotopic (exact) mass is 207 g/mol. The van der Waals surface area contributed by atoms with E-state index in [-0.39, 0.29) is 5.75 Å². The Labute approximate surface area is 87.9 Å². The molecule has 0 saturated heterocycles. The van der Waals surface area contributed by atoms with Crippen molar-refractivity contribution < 1.29 is 14.6 Å². The number of benzene rings is 1. The SMILES string of the molecule is NC/C=C/c1ccc2c(c1O)OCCO2. The molecule has 0 radical (unpaired) electrons. The molecule has 3 N–H and O–H groups in total. The van der Waals surface area contributed by atoms with Gasteiger partial charge in [-0.1, -0.05) is 12.2 Å². The summed E-state index contributed by atoms with van der Waals surface area (Å²) in [7, 11) is 0. The second-order valence-corrected chi connectivity index (χ2v) is 3.17. The first-order valence-corrected chi connectivity index (χ1v) is 4.81. The molecule has 0 aliphatic carbocycles. The quantitative estimate of drug-likeness (QED) is 0.763. The highest BCUT2D eigenvalue weighted by Crippen LogP contribution is 2.41. The number of hydrogen-bond acceptors (Lipinski definition) is 4. The molecule has 4 nitrogen and oxygen atoms in total. The fraction of sp³-hybridized carbons (Fsp3) is 0.273. The second kappa shape index (κ2) is 4.23. The summed E-state index contributed by atoms with van der Waals surface area (Å²) in [6.45, 7) is 1.42. The molecule has 0 atom stereocenters. The molecule has 0 aromatic heterocycles. The van der Waals surface area contributed by atoms with Crippen LogP contribution in [0.15, 0.2) is 18.2 Å². The van der Waals surface area contributed by atoms with E-state index in [2.05, 4.69) is 0 Å². The topological polar surface area (TPSA) is 64.7 Å². The highest BCUT2D eigenvalue weighted by atomic mass is 16.6. The number of hydrogen-bond donors (Lipinski definition) is 2. The molecule has 0 unspecified atom stereocenters.